The van der Waals surface area contributed by atoms with E-state index in [1.807, 2.05) is 24.3 Å². The average molecular weight is 244 g/mol. The number of nitrogens with one attached hydrogen (secondary N) is 1. The van der Waals surface area contributed by atoms with Crippen molar-refractivity contribution in [2.24, 2.45) is 0 Å². The van der Waals surface area contributed by atoms with E-state index in [0.29, 0.717) is 0 Å². The Balaban J connectivity index is 0.00000225. The van der Waals surface area contributed by atoms with Crippen LogP contribution in [0.3, 0.4) is 0 Å². The average Bonchev–Trinajstić information content (AvgIpc) is 2.29. The summed E-state index contributed by atoms with van der Waals surface area (Å²) >= 11 is 0. The molecule has 0 aliphatic carbocycles. The van der Waals surface area contributed by atoms with E-state index in [1.165, 1.54) is 0 Å². The van der Waals surface area contributed by atoms with Crippen LogP contribution in [0.2, 0.25) is 0 Å². The Kier molecular flexibility index (Phi) is 7.42. The lowest BCUT2D eigenvalue weighted by molar-refractivity contribution is 0.351. The highest BCUT2D eigenvalue weighted by Crippen LogP contribution is 2.30. The zero-order chi connectivity index (χ0) is 11.1. The number of hydrogen-bond donors (Lipinski definition) is 1. The van der Waals surface area contributed by atoms with Gasteiger partial charge in [0.05, 0.1) is 14.2 Å². The summed E-state index contributed by atoms with van der Waals surface area (Å²) in [6.07, 6.45) is 1.83. The van der Waals surface area contributed by atoms with Gasteiger partial charge in [0, 0.05) is 18.7 Å². The third-order valence-corrected chi connectivity index (χ3v) is 2.09. The second kappa shape index (κ2) is 8.02. The monoisotopic (exact) mass is 243 g/mol. The third-order valence-electron chi connectivity index (χ3n) is 2.09. The van der Waals surface area contributed by atoms with E-state index in [1.54, 1.807) is 14.2 Å². The van der Waals surface area contributed by atoms with Crippen LogP contribution in [-0.4, -0.2) is 20.8 Å². The molecule has 0 bridgehead atoms. The van der Waals surface area contributed by atoms with Gasteiger partial charge in [0.25, 0.3) is 0 Å². The van der Waals surface area contributed by atoms with Crippen molar-refractivity contribution in [2.75, 3.05) is 20.8 Å². The molecule has 0 amide bonds. The quantitative estimate of drug-likeness (QED) is 0.615. The van der Waals surface area contributed by atoms with Crippen LogP contribution in [0, 0.1) is 0 Å². The maximum absolute atomic E-state index is 5.31. The van der Waals surface area contributed by atoms with Crippen molar-refractivity contribution < 1.29 is 9.47 Å². The van der Waals surface area contributed by atoms with Gasteiger partial charge in [-0.3, -0.25) is 0 Å². The Morgan fingerprint density at radius 2 is 2.06 bits per heavy atom. The molecule has 0 atom stereocenters. The van der Waals surface area contributed by atoms with Crippen molar-refractivity contribution in [1.82, 2.24) is 5.32 Å². The van der Waals surface area contributed by atoms with Gasteiger partial charge in [-0.1, -0.05) is 18.2 Å². The van der Waals surface area contributed by atoms with Crippen LogP contribution in [0.25, 0.3) is 0 Å². The molecule has 0 aliphatic heterocycles. The van der Waals surface area contributed by atoms with Crippen LogP contribution in [0.1, 0.15) is 5.56 Å². The molecule has 1 aromatic carbocycles. The van der Waals surface area contributed by atoms with Crippen molar-refractivity contribution in [2.45, 2.75) is 6.54 Å². The van der Waals surface area contributed by atoms with E-state index < -0.39 is 0 Å². The van der Waals surface area contributed by atoms with Gasteiger partial charge >= 0.3 is 0 Å². The summed E-state index contributed by atoms with van der Waals surface area (Å²) in [4.78, 5) is 0. The lowest BCUT2D eigenvalue weighted by Gasteiger charge is -2.12. The molecule has 0 heterocycles. The van der Waals surface area contributed by atoms with Crippen LogP contribution in [0.4, 0.5) is 0 Å². The van der Waals surface area contributed by atoms with Gasteiger partial charge in [-0.25, -0.2) is 0 Å². The maximum atomic E-state index is 5.31. The molecule has 0 saturated heterocycles. The first-order chi connectivity index (χ1) is 7.33. The SMILES string of the molecule is C=CCNCc1cccc(OC)c1OC.Cl. The van der Waals surface area contributed by atoms with Gasteiger partial charge in [0.2, 0.25) is 0 Å². The second-order valence-corrected chi connectivity index (χ2v) is 3.07. The van der Waals surface area contributed by atoms with Crippen molar-refractivity contribution in [3.8, 4) is 11.5 Å². The summed E-state index contributed by atoms with van der Waals surface area (Å²) in [5.41, 5.74) is 1.08. The Labute approximate surface area is 103 Å². The van der Waals surface area contributed by atoms with E-state index in [-0.39, 0.29) is 12.4 Å². The van der Waals surface area contributed by atoms with Crippen molar-refractivity contribution in [3.63, 3.8) is 0 Å². The summed E-state index contributed by atoms with van der Waals surface area (Å²) in [7, 11) is 3.29. The van der Waals surface area contributed by atoms with E-state index in [9.17, 15) is 0 Å². The van der Waals surface area contributed by atoms with Crippen LogP contribution < -0.4 is 14.8 Å². The second-order valence-electron chi connectivity index (χ2n) is 3.07. The van der Waals surface area contributed by atoms with E-state index in [0.717, 1.165) is 30.2 Å². The molecular formula is C12H18ClNO2. The number of benzene rings is 1. The Bertz CT molecular complexity index is 329. The normalized spacial score (nSPS) is 9.12. The standard InChI is InChI=1S/C12H17NO2.ClH/c1-4-8-13-9-10-6-5-7-11(14-2)12(10)15-3;/h4-7,13H,1,8-9H2,2-3H3;1H. The maximum Gasteiger partial charge on any atom is 0.165 e. The van der Waals surface area contributed by atoms with Crippen molar-refractivity contribution in [3.05, 3.63) is 36.4 Å². The van der Waals surface area contributed by atoms with E-state index in [2.05, 4.69) is 11.9 Å². The minimum atomic E-state index is 0. The number of para-hydroxylation sites is 1. The largest absolute Gasteiger partial charge is 0.493 e. The van der Waals surface area contributed by atoms with Crippen molar-refractivity contribution in [1.29, 1.82) is 0 Å². The first kappa shape index (κ1) is 14.8. The molecule has 0 fully saturated rings. The molecule has 1 aromatic rings. The fourth-order valence-electron chi connectivity index (χ4n) is 1.40. The first-order valence-electron chi connectivity index (χ1n) is 4.85. The summed E-state index contributed by atoms with van der Waals surface area (Å²) in [6, 6.07) is 5.85. The minimum Gasteiger partial charge on any atom is -0.493 e. The molecule has 16 heavy (non-hydrogen) atoms. The summed E-state index contributed by atoms with van der Waals surface area (Å²) in [6.45, 7) is 5.17. The fourth-order valence-corrected chi connectivity index (χ4v) is 1.40. The highest BCUT2D eigenvalue weighted by molar-refractivity contribution is 5.85. The Morgan fingerprint density at radius 3 is 2.62 bits per heavy atom. The highest BCUT2D eigenvalue weighted by Gasteiger charge is 2.07. The van der Waals surface area contributed by atoms with Crippen LogP contribution in [0.5, 0.6) is 11.5 Å². The molecule has 0 spiro atoms. The van der Waals surface area contributed by atoms with Crippen LogP contribution >= 0.6 is 12.4 Å². The molecule has 1 N–H and O–H groups in total. The molecule has 0 saturated carbocycles. The molecule has 0 unspecified atom stereocenters. The predicted octanol–water partition coefficient (Wildman–Crippen LogP) is 2.40. The number of halogens is 1. The third kappa shape index (κ3) is 3.76. The Hall–Kier alpha value is -1.19. The minimum absolute atomic E-state index is 0. The topological polar surface area (TPSA) is 30.5 Å². The fraction of sp³-hybridized carbons (Fsp3) is 0.333. The van der Waals surface area contributed by atoms with E-state index >= 15 is 0 Å². The Morgan fingerprint density at radius 1 is 1.31 bits per heavy atom. The summed E-state index contributed by atoms with van der Waals surface area (Å²) in [5, 5.41) is 3.22. The number of rotatable bonds is 6. The zero-order valence-corrected chi connectivity index (χ0v) is 10.5. The van der Waals surface area contributed by atoms with Gasteiger partial charge < -0.3 is 14.8 Å². The van der Waals surface area contributed by atoms with Gasteiger partial charge in [-0.2, -0.15) is 0 Å². The molecule has 90 valence electrons. The molecule has 3 nitrogen and oxygen atoms in total. The zero-order valence-electron chi connectivity index (χ0n) is 9.66. The first-order valence-corrected chi connectivity index (χ1v) is 4.85. The molecule has 0 radical (unpaired) electrons. The molecule has 0 aromatic heterocycles. The van der Waals surface area contributed by atoms with Crippen LogP contribution in [-0.2, 0) is 6.54 Å². The van der Waals surface area contributed by atoms with Gasteiger partial charge in [0.15, 0.2) is 11.5 Å². The lowest BCUT2D eigenvalue weighted by Crippen LogP contribution is -2.13. The lowest BCUT2D eigenvalue weighted by atomic mass is 10.2. The highest BCUT2D eigenvalue weighted by atomic mass is 35.5. The van der Waals surface area contributed by atoms with Gasteiger partial charge in [-0.15, -0.1) is 19.0 Å². The van der Waals surface area contributed by atoms with E-state index in [4.69, 9.17) is 9.47 Å². The molecular weight excluding hydrogens is 226 g/mol. The molecule has 4 heteroatoms. The summed E-state index contributed by atoms with van der Waals surface area (Å²) in [5.74, 6) is 1.55. The number of methoxy groups -OCH3 is 2. The van der Waals surface area contributed by atoms with Gasteiger partial charge in [0.1, 0.15) is 0 Å². The van der Waals surface area contributed by atoms with Crippen molar-refractivity contribution >= 4 is 12.4 Å². The smallest absolute Gasteiger partial charge is 0.165 e. The predicted molar refractivity (Wildman–Crippen MR) is 68.7 cm³/mol. The number of ether oxygens (including phenoxy) is 2. The molecule has 1 rings (SSSR count). The van der Waals surface area contributed by atoms with Gasteiger partial charge in [-0.05, 0) is 6.07 Å². The molecule has 0 aliphatic rings. The summed E-state index contributed by atoms with van der Waals surface area (Å²) < 4.78 is 10.5. The van der Waals surface area contributed by atoms with Crippen LogP contribution in [0.15, 0.2) is 30.9 Å². The number of hydrogen-bond acceptors (Lipinski definition) is 3.